The molecule has 6 nitrogen and oxygen atoms in total. The van der Waals surface area contributed by atoms with E-state index in [0.29, 0.717) is 24.3 Å². The molecule has 3 rings (SSSR count). The predicted octanol–water partition coefficient (Wildman–Crippen LogP) is 1.47. The Labute approximate surface area is 152 Å². The maximum absolute atomic E-state index is 12.5. The van der Waals surface area contributed by atoms with Crippen LogP contribution in [0.5, 0.6) is 11.5 Å². The molecule has 0 aromatic heterocycles. The average molecular weight is 354 g/mol. The molecule has 0 saturated carbocycles. The Morgan fingerprint density at radius 2 is 1.12 bits per heavy atom. The van der Waals surface area contributed by atoms with Gasteiger partial charge in [0.15, 0.2) is 0 Å². The van der Waals surface area contributed by atoms with E-state index in [1.807, 2.05) is 48.5 Å². The van der Waals surface area contributed by atoms with Crippen LogP contribution in [0, 0.1) is 0 Å². The molecule has 2 N–H and O–H groups in total. The average Bonchev–Trinajstić information content (AvgIpc) is 2.66. The summed E-state index contributed by atoms with van der Waals surface area (Å²) in [7, 11) is 3.17. The molecular weight excluding hydrogens is 332 g/mol. The van der Waals surface area contributed by atoms with Crippen LogP contribution in [0.1, 0.15) is 11.1 Å². The Hall–Kier alpha value is -3.02. The molecule has 26 heavy (non-hydrogen) atoms. The summed E-state index contributed by atoms with van der Waals surface area (Å²) < 4.78 is 10.6. The highest BCUT2D eigenvalue weighted by molar-refractivity contribution is 5.97. The minimum absolute atomic E-state index is 0.199. The number of carbonyl (C=O) groups is 2. The monoisotopic (exact) mass is 354 g/mol. The fourth-order valence-electron chi connectivity index (χ4n) is 3.15. The van der Waals surface area contributed by atoms with Crippen LogP contribution in [-0.2, 0) is 22.4 Å². The van der Waals surface area contributed by atoms with Crippen LogP contribution in [0.15, 0.2) is 48.5 Å². The molecule has 1 saturated heterocycles. The van der Waals surface area contributed by atoms with Gasteiger partial charge in [0.1, 0.15) is 23.6 Å². The van der Waals surface area contributed by atoms with Crippen LogP contribution in [0.25, 0.3) is 0 Å². The van der Waals surface area contributed by atoms with Gasteiger partial charge in [0.2, 0.25) is 11.8 Å². The third kappa shape index (κ3) is 3.79. The molecule has 0 spiro atoms. The van der Waals surface area contributed by atoms with E-state index in [2.05, 4.69) is 10.6 Å². The summed E-state index contributed by atoms with van der Waals surface area (Å²) in [5, 5.41) is 5.65. The van der Waals surface area contributed by atoms with Crippen LogP contribution in [0.3, 0.4) is 0 Å². The van der Waals surface area contributed by atoms with Gasteiger partial charge in [-0.1, -0.05) is 36.4 Å². The van der Waals surface area contributed by atoms with Crippen molar-refractivity contribution in [2.24, 2.45) is 0 Å². The molecule has 2 atom stereocenters. The molecule has 0 unspecified atom stereocenters. The lowest BCUT2D eigenvalue weighted by molar-refractivity contribution is -0.136. The van der Waals surface area contributed by atoms with Crippen molar-refractivity contribution in [1.29, 1.82) is 0 Å². The number of methoxy groups -OCH3 is 2. The van der Waals surface area contributed by atoms with Crippen molar-refractivity contribution in [2.75, 3.05) is 14.2 Å². The summed E-state index contributed by atoms with van der Waals surface area (Å²) >= 11 is 0. The molecule has 2 aromatic carbocycles. The van der Waals surface area contributed by atoms with Crippen molar-refractivity contribution >= 4 is 11.8 Å². The van der Waals surface area contributed by atoms with Crippen molar-refractivity contribution < 1.29 is 19.1 Å². The first-order chi connectivity index (χ1) is 12.6. The van der Waals surface area contributed by atoms with Crippen molar-refractivity contribution in [2.45, 2.75) is 24.9 Å². The molecule has 0 aliphatic carbocycles. The first-order valence-corrected chi connectivity index (χ1v) is 8.47. The third-order valence-corrected chi connectivity index (χ3v) is 4.50. The summed E-state index contributed by atoms with van der Waals surface area (Å²) in [6.07, 6.45) is 0.756. The molecule has 2 amide bonds. The first-order valence-electron chi connectivity index (χ1n) is 8.47. The fourth-order valence-corrected chi connectivity index (χ4v) is 3.15. The van der Waals surface area contributed by atoms with Gasteiger partial charge in [0.05, 0.1) is 14.2 Å². The number of hydrogen-bond acceptors (Lipinski definition) is 4. The predicted molar refractivity (Wildman–Crippen MR) is 97.3 cm³/mol. The summed E-state index contributed by atoms with van der Waals surface area (Å²) in [6.45, 7) is 0. The quantitative estimate of drug-likeness (QED) is 0.824. The molecule has 6 heteroatoms. The van der Waals surface area contributed by atoms with Gasteiger partial charge >= 0.3 is 0 Å². The Bertz CT molecular complexity index is 738. The summed E-state index contributed by atoms with van der Waals surface area (Å²) in [5.74, 6) is 1.00. The molecule has 1 fully saturated rings. The van der Waals surface area contributed by atoms with Crippen LogP contribution in [0.4, 0.5) is 0 Å². The third-order valence-electron chi connectivity index (χ3n) is 4.50. The molecule has 1 heterocycles. The Morgan fingerprint density at radius 1 is 0.731 bits per heavy atom. The number of nitrogens with one attached hydrogen (secondary N) is 2. The van der Waals surface area contributed by atoms with E-state index in [4.69, 9.17) is 9.47 Å². The smallest absolute Gasteiger partial charge is 0.243 e. The molecule has 0 radical (unpaired) electrons. The van der Waals surface area contributed by atoms with E-state index in [1.165, 1.54) is 0 Å². The van der Waals surface area contributed by atoms with E-state index in [1.54, 1.807) is 14.2 Å². The normalized spacial score (nSPS) is 19.5. The van der Waals surface area contributed by atoms with Gasteiger partial charge in [0, 0.05) is 12.8 Å². The number of hydrogen-bond donors (Lipinski definition) is 2. The van der Waals surface area contributed by atoms with E-state index in [-0.39, 0.29) is 11.8 Å². The number of carbonyl (C=O) groups excluding carboxylic acids is 2. The van der Waals surface area contributed by atoms with Gasteiger partial charge in [0.25, 0.3) is 0 Å². The zero-order valence-electron chi connectivity index (χ0n) is 14.8. The summed E-state index contributed by atoms with van der Waals surface area (Å²) in [6, 6.07) is 13.7. The highest BCUT2D eigenvalue weighted by Crippen LogP contribution is 2.22. The molecule has 136 valence electrons. The second-order valence-corrected chi connectivity index (χ2v) is 6.15. The van der Waals surface area contributed by atoms with Gasteiger partial charge < -0.3 is 20.1 Å². The van der Waals surface area contributed by atoms with Crippen LogP contribution in [-0.4, -0.2) is 38.1 Å². The second kappa shape index (κ2) is 7.91. The topological polar surface area (TPSA) is 76.7 Å². The number of piperazine rings is 1. The highest BCUT2D eigenvalue weighted by Gasteiger charge is 2.34. The molecule has 2 aromatic rings. The highest BCUT2D eigenvalue weighted by atomic mass is 16.5. The number of ether oxygens (including phenoxy) is 2. The van der Waals surface area contributed by atoms with E-state index < -0.39 is 12.1 Å². The lowest BCUT2D eigenvalue weighted by Crippen LogP contribution is -2.62. The van der Waals surface area contributed by atoms with E-state index >= 15 is 0 Å². The van der Waals surface area contributed by atoms with Crippen LogP contribution >= 0.6 is 0 Å². The lowest BCUT2D eigenvalue weighted by atomic mass is 9.98. The maximum atomic E-state index is 12.5. The van der Waals surface area contributed by atoms with E-state index in [0.717, 1.165) is 11.1 Å². The van der Waals surface area contributed by atoms with Crippen LogP contribution in [0.2, 0.25) is 0 Å². The van der Waals surface area contributed by atoms with Gasteiger partial charge in [-0.05, 0) is 23.3 Å². The number of amides is 2. The van der Waals surface area contributed by atoms with Gasteiger partial charge in [-0.3, -0.25) is 9.59 Å². The second-order valence-electron chi connectivity index (χ2n) is 6.15. The molecule has 0 bridgehead atoms. The standard InChI is InChI=1S/C20H22N2O4/c1-25-17-9-5-3-7-13(17)11-15-19(23)22-16(20(24)21-15)12-14-8-4-6-10-18(14)26-2/h3-10,15-16H,11-12H2,1-2H3,(H,21,24)(H,22,23)/t15-,16+. The minimum Gasteiger partial charge on any atom is -0.496 e. The maximum Gasteiger partial charge on any atom is 0.243 e. The Kier molecular flexibility index (Phi) is 5.41. The van der Waals surface area contributed by atoms with Crippen LogP contribution < -0.4 is 20.1 Å². The minimum atomic E-state index is -0.618. The summed E-state index contributed by atoms with van der Waals surface area (Å²) in [4.78, 5) is 25.0. The molecule has 1 aliphatic rings. The SMILES string of the molecule is COc1ccccc1C[C@@H]1NC(=O)[C@@H](Cc2ccccc2OC)NC1=O. The number of rotatable bonds is 6. The Balaban J connectivity index is 1.69. The van der Waals surface area contributed by atoms with Gasteiger partial charge in [-0.25, -0.2) is 0 Å². The zero-order valence-corrected chi connectivity index (χ0v) is 14.8. The fraction of sp³-hybridized carbons (Fsp3) is 0.300. The first kappa shape index (κ1) is 17.8. The van der Waals surface area contributed by atoms with Crippen molar-refractivity contribution in [3.63, 3.8) is 0 Å². The van der Waals surface area contributed by atoms with Crippen molar-refractivity contribution in [3.05, 3.63) is 59.7 Å². The largest absolute Gasteiger partial charge is 0.496 e. The van der Waals surface area contributed by atoms with Gasteiger partial charge in [-0.2, -0.15) is 0 Å². The number of para-hydroxylation sites is 2. The number of benzene rings is 2. The van der Waals surface area contributed by atoms with Crippen molar-refractivity contribution in [3.8, 4) is 11.5 Å². The lowest BCUT2D eigenvalue weighted by Gasteiger charge is -2.30. The zero-order chi connectivity index (χ0) is 18.5. The van der Waals surface area contributed by atoms with Gasteiger partial charge in [-0.15, -0.1) is 0 Å². The molecule has 1 aliphatic heterocycles. The molecular formula is C20H22N2O4. The van der Waals surface area contributed by atoms with Crippen molar-refractivity contribution in [1.82, 2.24) is 10.6 Å². The van der Waals surface area contributed by atoms with E-state index in [9.17, 15) is 9.59 Å². The Morgan fingerprint density at radius 3 is 1.50 bits per heavy atom. The summed E-state index contributed by atoms with van der Waals surface area (Å²) in [5.41, 5.74) is 1.75.